The van der Waals surface area contributed by atoms with Crippen LogP contribution in [0, 0.1) is 11.8 Å². The minimum absolute atomic E-state index is 1.09. The highest BCUT2D eigenvalue weighted by atomic mass is 14.9. The van der Waals surface area contributed by atoms with E-state index in [1.165, 1.54) is 25.9 Å². The lowest BCUT2D eigenvalue weighted by atomic mass is 10.2. The molecule has 0 aromatic carbocycles. The van der Waals surface area contributed by atoms with Gasteiger partial charge in [0.1, 0.15) is 0 Å². The van der Waals surface area contributed by atoms with E-state index in [-0.39, 0.29) is 0 Å². The van der Waals surface area contributed by atoms with E-state index in [1.54, 1.807) is 0 Å². The van der Waals surface area contributed by atoms with E-state index >= 15 is 0 Å². The van der Waals surface area contributed by atoms with E-state index in [2.05, 4.69) is 5.32 Å². The molecule has 0 unspecified atom stereocenters. The Bertz CT molecular complexity index is 70.2. The molecule has 2 fully saturated rings. The van der Waals surface area contributed by atoms with Crippen molar-refractivity contribution in [2.45, 2.75) is 12.8 Å². The fourth-order valence-electron chi connectivity index (χ4n) is 1.49. The van der Waals surface area contributed by atoms with Crippen LogP contribution in [-0.2, 0) is 0 Å². The number of hydrogen-bond donors (Lipinski definition) is 1. The molecule has 2 rings (SSSR count). The average Bonchev–Trinajstić information content (AvgIpc) is 2.41. The van der Waals surface area contributed by atoms with Gasteiger partial charge in [-0.15, -0.1) is 0 Å². The van der Waals surface area contributed by atoms with Crippen molar-refractivity contribution >= 4 is 0 Å². The van der Waals surface area contributed by atoms with Gasteiger partial charge >= 0.3 is 0 Å². The summed E-state index contributed by atoms with van der Waals surface area (Å²) in [7, 11) is 0. The summed E-state index contributed by atoms with van der Waals surface area (Å²) in [6.45, 7) is 2.59. The minimum atomic E-state index is 1.09. The smallest absolute Gasteiger partial charge is 0.00178 e. The van der Waals surface area contributed by atoms with Gasteiger partial charge in [0, 0.05) is 0 Å². The molecule has 1 aliphatic heterocycles. The van der Waals surface area contributed by atoms with E-state index in [1.807, 2.05) is 0 Å². The first-order valence-electron chi connectivity index (χ1n) is 3.17. The molecule has 0 amide bonds. The number of nitrogens with one attached hydrogen (secondary N) is 1. The van der Waals surface area contributed by atoms with E-state index in [4.69, 9.17) is 0 Å². The first-order valence-corrected chi connectivity index (χ1v) is 3.17. The molecule has 0 spiro atoms. The van der Waals surface area contributed by atoms with Crippen LogP contribution in [0.3, 0.4) is 0 Å². The number of rotatable bonds is 0. The van der Waals surface area contributed by atoms with Crippen LogP contribution in [0.4, 0.5) is 0 Å². The highest BCUT2D eigenvalue weighted by Gasteiger charge is 2.38. The normalized spacial score (nSPS) is 48.0. The molecule has 1 saturated carbocycles. The number of hydrogen-bond acceptors (Lipinski definition) is 1. The SMILES string of the molecule is C1C[C@@H]2C[C@@H]2CN1. The average molecular weight is 97.2 g/mol. The molecule has 1 nitrogen and oxygen atoms in total. The standard InChI is InChI=1S/C6H11N/c1-2-7-4-6-3-5(1)6/h5-7H,1-4H2/t5-,6-/m1/s1. The summed E-state index contributed by atoms with van der Waals surface area (Å²) < 4.78 is 0. The van der Waals surface area contributed by atoms with Crippen molar-refractivity contribution in [3.8, 4) is 0 Å². The molecular weight excluding hydrogens is 86.1 g/mol. The Balaban J connectivity index is 1.95. The molecule has 1 aliphatic carbocycles. The van der Waals surface area contributed by atoms with Crippen LogP contribution < -0.4 is 5.32 Å². The Morgan fingerprint density at radius 3 is 2.86 bits per heavy atom. The Morgan fingerprint density at radius 2 is 2.29 bits per heavy atom. The van der Waals surface area contributed by atoms with Gasteiger partial charge in [0.2, 0.25) is 0 Å². The van der Waals surface area contributed by atoms with Crippen LogP contribution in [-0.4, -0.2) is 13.1 Å². The zero-order chi connectivity index (χ0) is 4.69. The summed E-state index contributed by atoms with van der Waals surface area (Å²) in [4.78, 5) is 0. The molecule has 7 heavy (non-hydrogen) atoms. The van der Waals surface area contributed by atoms with Crippen LogP contribution in [0.15, 0.2) is 0 Å². The lowest BCUT2D eigenvalue weighted by molar-refractivity contribution is 0.497. The summed E-state index contributed by atoms with van der Waals surface area (Å²) in [5, 5.41) is 3.38. The quantitative estimate of drug-likeness (QED) is 0.467. The molecule has 0 aromatic heterocycles. The van der Waals surface area contributed by atoms with Crippen molar-refractivity contribution in [2.75, 3.05) is 13.1 Å². The van der Waals surface area contributed by atoms with Gasteiger partial charge in [-0.25, -0.2) is 0 Å². The van der Waals surface area contributed by atoms with Crippen molar-refractivity contribution < 1.29 is 0 Å². The second-order valence-electron chi connectivity index (χ2n) is 2.75. The molecule has 2 atom stereocenters. The zero-order valence-electron chi connectivity index (χ0n) is 4.48. The molecule has 40 valence electrons. The lowest BCUT2D eigenvalue weighted by Crippen LogP contribution is -2.23. The number of fused-ring (bicyclic) bond motifs is 1. The van der Waals surface area contributed by atoms with Gasteiger partial charge < -0.3 is 5.32 Å². The van der Waals surface area contributed by atoms with E-state index in [0.29, 0.717) is 0 Å². The van der Waals surface area contributed by atoms with Gasteiger partial charge in [0.25, 0.3) is 0 Å². The van der Waals surface area contributed by atoms with Crippen LogP contribution in [0.25, 0.3) is 0 Å². The maximum atomic E-state index is 3.38. The molecule has 1 heteroatoms. The van der Waals surface area contributed by atoms with Gasteiger partial charge in [0.15, 0.2) is 0 Å². The van der Waals surface area contributed by atoms with Crippen molar-refractivity contribution in [1.82, 2.24) is 5.32 Å². The summed E-state index contributed by atoms with van der Waals surface area (Å²) in [5.74, 6) is 2.23. The molecule has 1 N–H and O–H groups in total. The zero-order valence-corrected chi connectivity index (χ0v) is 4.48. The van der Waals surface area contributed by atoms with Gasteiger partial charge in [-0.1, -0.05) is 0 Å². The van der Waals surface area contributed by atoms with Crippen LogP contribution in [0.2, 0.25) is 0 Å². The molecule has 0 radical (unpaired) electrons. The fourth-order valence-corrected chi connectivity index (χ4v) is 1.49. The summed E-state index contributed by atoms with van der Waals surface area (Å²) in [6.07, 6.45) is 2.97. The van der Waals surface area contributed by atoms with Gasteiger partial charge in [-0.05, 0) is 37.8 Å². The Hall–Kier alpha value is -0.0400. The highest BCUT2D eigenvalue weighted by molar-refractivity contribution is 4.91. The van der Waals surface area contributed by atoms with Gasteiger partial charge in [-0.3, -0.25) is 0 Å². The van der Waals surface area contributed by atoms with Crippen molar-refractivity contribution in [3.05, 3.63) is 0 Å². The first kappa shape index (κ1) is 3.90. The molecular formula is C6H11N. The molecule has 2 aliphatic rings. The summed E-state index contributed by atoms with van der Waals surface area (Å²) in [6, 6.07) is 0. The van der Waals surface area contributed by atoms with Crippen molar-refractivity contribution in [1.29, 1.82) is 0 Å². The lowest BCUT2D eigenvalue weighted by Gasteiger charge is -2.08. The van der Waals surface area contributed by atoms with E-state index < -0.39 is 0 Å². The topological polar surface area (TPSA) is 12.0 Å². The molecule has 0 aromatic rings. The fraction of sp³-hybridized carbons (Fsp3) is 1.00. The predicted octanol–water partition coefficient (Wildman–Crippen LogP) is 0.616. The molecule has 0 bridgehead atoms. The monoisotopic (exact) mass is 97.1 g/mol. The van der Waals surface area contributed by atoms with Crippen LogP contribution in [0.1, 0.15) is 12.8 Å². The van der Waals surface area contributed by atoms with Crippen LogP contribution >= 0.6 is 0 Å². The predicted molar refractivity (Wildman–Crippen MR) is 29.1 cm³/mol. The van der Waals surface area contributed by atoms with Gasteiger partial charge in [0.05, 0.1) is 0 Å². The first-order chi connectivity index (χ1) is 3.47. The van der Waals surface area contributed by atoms with Gasteiger partial charge in [-0.2, -0.15) is 0 Å². The maximum Gasteiger partial charge on any atom is -0.00178 e. The largest absolute Gasteiger partial charge is 0.316 e. The number of piperidine rings is 1. The Morgan fingerprint density at radius 1 is 1.29 bits per heavy atom. The maximum absolute atomic E-state index is 3.38. The highest BCUT2D eigenvalue weighted by Crippen LogP contribution is 2.42. The minimum Gasteiger partial charge on any atom is -0.316 e. The third-order valence-electron chi connectivity index (χ3n) is 2.17. The summed E-state index contributed by atoms with van der Waals surface area (Å²) >= 11 is 0. The summed E-state index contributed by atoms with van der Waals surface area (Å²) in [5.41, 5.74) is 0. The Labute approximate surface area is 44.1 Å². The molecule has 1 heterocycles. The second-order valence-corrected chi connectivity index (χ2v) is 2.75. The van der Waals surface area contributed by atoms with E-state index in [0.717, 1.165) is 11.8 Å². The molecule has 1 saturated heterocycles. The third-order valence-corrected chi connectivity index (χ3v) is 2.17. The van der Waals surface area contributed by atoms with E-state index in [9.17, 15) is 0 Å². The Kier molecular flexibility index (Phi) is 0.680. The van der Waals surface area contributed by atoms with Crippen molar-refractivity contribution in [2.24, 2.45) is 11.8 Å². The van der Waals surface area contributed by atoms with Crippen molar-refractivity contribution in [3.63, 3.8) is 0 Å². The van der Waals surface area contributed by atoms with Crippen LogP contribution in [0.5, 0.6) is 0 Å². The third kappa shape index (κ3) is 0.556. The second kappa shape index (κ2) is 1.22.